The molecule has 150 valence electrons. The number of nitro groups is 1. The van der Waals surface area contributed by atoms with Crippen molar-refractivity contribution in [2.24, 2.45) is 0 Å². The zero-order valence-corrected chi connectivity index (χ0v) is 15.6. The van der Waals surface area contributed by atoms with Crippen LogP contribution in [0.4, 0.5) is 5.69 Å². The second kappa shape index (κ2) is 10.4. The number of carbonyl (C=O) groups excluding carboxylic acids is 3. The molecule has 0 aliphatic carbocycles. The quantitative estimate of drug-likeness (QED) is 0.304. The summed E-state index contributed by atoms with van der Waals surface area (Å²) in [5.74, 6) is -2.03. The summed E-state index contributed by atoms with van der Waals surface area (Å²) >= 11 is 0. The van der Waals surface area contributed by atoms with E-state index in [0.717, 1.165) is 0 Å². The molecule has 0 heterocycles. The van der Waals surface area contributed by atoms with Gasteiger partial charge in [-0.25, -0.2) is 0 Å². The van der Waals surface area contributed by atoms with Crippen molar-refractivity contribution in [2.45, 2.75) is 6.92 Å². The third kappa shape index (κ3) is 6.28. The average molecular weight is 397 g/mol. The lowest BCUT2D eigenvalue weighted by Gasteiger charge is -2.11. The van der Waals surface area contributed by atoms with Crippen molar-refractivity contribution >= 4 is 29.5 Å². The molecule has 0 atom stereocenters. The molecule has 0 unspecified atom stereocenters. The van der Waals surface area contributed by atoms with E-state index in [0.29, 0.717) is 5.56 Å². The van der Waals surface area contributed by atoms with E-state index in [1.807, 2.05) is 0 Å². The predicted molar refractivity (Wildman–Crippen MR) is 105 cm³/mol. The summed E-state index contributed by atoms with van der Waals surface area (Å²) in [6.45, 7) is 1.36. The van der Waals surface area contributed by atoms with E-state index in [1.165, 1.54) is 24.3 Å². The van der Waals surface area contributed by atoms with Gasteiger partial charge in [-0.15, -0.1) is 0 Å². The number of rotatable bonds is 8. The number of carbonyl (C=O) groups is 3. The minimum Gasteiger partial charge on any atom is -0.465 e. The Morgan fingerprint density at radius 3 is 2.38 bits per heavy atom. The Hall–Kier alpha value is -4.01. The number of para-hydroxylation sites is 1. The van der Waals surface area contributed by atoms with Crippen molar-refractivity contribution in [3.05, 3.63) is 81.5 Å². The fourth-order valence-electron chi connectivity index (χ4n) is 2.33. The topological polar surface area (TPSA) is 128 Å². The summed E-state index contributed by atoms with van der Waals surface area (Å²) in [4.78, 5) is 47.1. The first-order chi connectivity index (χ1) is 13.9. The molecule has 2 amide bonds. The number of amides is 2. The van der Waals surface area contributed by atoms with Gasteiger partial charge in [0, 0.05) is 11.6 Å². The fourth-order valence-corrected chi connectivity index (χ4v) is 2.33. The number of benzene rings is 2. The second-order valence-electron chi connectivity index (χ2n) is 5.68. The zero-order valence-electron chi connectivity index (χ0n) is 15.6. The van der Waals surface area contributed by atoms with Crippen LogP contribution in [0.15, 0.2) is 60.3 Å². The number of hydrogen-bond acceptors (Lipinski definition) is 6. The molecular formula is C20H19N3O6. The SMILES string of the molecule is CCOC(=O)CNC(=O)/C(=C\c1ccccc1[N+](=O)[O-])NC(=O)c1ccccc1. The first-order valence-corrected chi connectivity index (χ1v) is 8.67. The Morgan fingerprint density at radius 1 is 1.07 bits per heavy atom. The molecular weight excluding hydrogens is 378 g/mol. The van der Waals surface area contributed by atoms with Crippen molar-refractivity contribution in [1.82, 2.24) is 10.6 Å². The highest BCUT2D eigenvalue weighted by Crippen LogP contribution is 2.20. The van der Waals surface area contributed by atoms with Crippen LogP contribution >= 0.6 is 0 Å². The van der Waals surface area contributed by atoms with Crippen LogP contribution in [0.1, 0.15) is 22.8 Å². The van der Waals surface area contributed by atoms with E-state index >= 15 is 0 Å². The lowest BCUT2D eigenvalue weighted by atomic mass is 10.1. The Balaban J connectivity index is 2.32. The monoisotopic (exact) mass is 397 g/mol. The molecule has 0 saturated carbocycles. The van der Waals surface area contributed by atoms with E-state index < -0.39 is 29.3 Å². The molecule has 0 fully saturated rings. The van der Waals surface area contributed by atoms with Crippen molar-refractivity contribution in [2.75, 3.05) is 13.2 Å². The van der Waals surface area contributed by atoms with Gasteiger partial charge in [-0.3, -0.25) is 24.5 Å². The molecule has 9 heteroatoms. The van der Waals surface area contributed by atoms with Crippen LogP contribution in [-0.4, -0.2) is 35.9 Å². The molecule has 2 rings (SSSR count). The van der Waals surface area contributed by atoms with Crippen LogP contribution in [0, 0.1) is 10.1 Å². The van der Waals surface area contributed by atoms with Crippen LogP contribution in [-0.2, 0) is 14.3 Å². The zero-order chi connectivity index (χ0) is 21.2. The van der Waals surface area contributed by atoms with Crippen molar-refractivity contribution < 1.29 is 24.0 Å². The van der Waals surface area contributed by atoms with E-state index in [2.05, 4.69) is 10.6 Å². The minimum atomic E-state index is -0.791. The molecule has 0 aromatic heterocycles. The molecule has 2 aromatic carbocycles. The maximum absolute atomic E-state index is 12.5. The van der Waals surface area contributed by atoms with E-state index in [4.69, 9.17) is 4.74 Å². The van der Waals surface area contributed by atoms with Gasteiger partial charge in [0.05, 0.1) is 17.1 Å². The number of nitrogens with zero attached hydrogens (tertiary/aromatic N) is 1. The van der Waals surface area contributed by atoms with Gasteiger partial charge < -0.3 is 15.4 Å². The van der Waals surface area contributed by atoms with Gasteiger partial charge in [-0.05, 0) is 31.2 Å². The molecule has 2 N–H and O–H groups in total. The Labute approximate surface area is 166 Å². The predicted octanol–water partition coefficient (Wildman–Crippen LogP) is 2.04. The summed E-state index contributed by atoms with van der Waals surface area (Å²) in [6.07, 6.45) is 1.18. The first kappa shape index (κ1) is 21.3. The third-order valence-electron chi connectivity index (χ3n) is 3.66. The number of nitrogens with one attached hydrogen (secondary N) is 2. The smallest absolute Gasteiger partial charge is 0.325 e. The van der Waals surface area contributed by atoms with Crippen LogP contribution in [0.3, 0.4) is 0 Å². The molecule has 0 aliphatic rings. The number of hydrogen-bond donors (Lipinski definition) is 2. The number of nitro benzene ring substituents is 1. The van der Waals surface area contributed by atoms with Gasteiger partial charge in [0.2, 0.25) is 0 Å². The van der Waals surface area contributed by atoms with E-state index in [-0.39, 0.29) is 23.6 Å². The van der Waals surface area contributed by atoms with E-state index in [1.54, 1.807) is 43.3 Å². The Morgan fingerprint density at radius 2 is 1.72 bits per heavy atom. The van der Waals surface area contributed by atoms with Crippen molar-refractivity contribution in [3.8, 4) is 0 Å². The molecule has 0 radical (unpaired) electrons. The van der Waals surface area contributed by atoms with Crippen LogP contribution in [0.25, 0.3) is 6.08 Å². The summed E-state index contributed by atoms with van der Waals surface area (Å²) in [7, 11) is 0. The van der Waals surface area contributed by atoms with Crippen LogP contribution < -0.4 is 10.6 Å². The van der Waals surface area contributed by atoms with Crippen LogP contribution in [0.2, 0.25) is 0 Å². The third-order valence-corrected chi connectivity index (χ3v) is 3.66. The highest BCUT2D eigenvalue weighted by Gasteiger charge is 2.18. The van der Waals surface area contributed by atoms with Gasteiger partial charge in [0.25, 0.3) is 17.5 Å². The number of esters is 1. The summed E-state index contributed by atoms with van der Waals surface area (Å²) in [5.41, 5.74) is -0.0825. The maximum atomic E-state index is 12.5. The van der Waals surface area contributed by atoms with Gasteiger partial charge in [0.15, 0.2) is 0 Å². The second-order valence-corrected chi connectivity index (χ2v) is 5.68. The standard InChI is InChI=1S/C20H19N3O6/c1-2-29-18(24)13-21-20(26)16(22-19(25)14-8-4-3-5-9-14)12-15-10-6-7-11-17(15)23(27)28/h3-12H,2,13H2,1H3,(H,21,26)(H,22,25)/b16-12+. The van der Waals surface area contributed by atoms with Crippen molar-refractivity contribution in [3.63, 3.8) is 0 Å². The summed E-state index contributed by atoms with van der Waals surface area (Å²) in [5, 5.41) is 16.0. The number of ether oxygens (including phenoxy) is 1. The maximum Gasteiger partial charge on any atom is 0.325 e. The molecule has 0 aliphatic heterocycles. The summed E-state index contributed by atoms with van der Waals surface area (Å²) in [6, 6.07) is 13.9. The van der Waals surface area contributed by atoms with Crippen LogP contribution in [0.5, 0.6) is 0 Å². The highest BCUT2D eigenvalue weighted by molar-refractivity contribution is 6.06. The molecule has 2 aromatic rings. The minimum absolute atomic E-state index is 0.118. The molecule has 29 heavy (non-hydrogen) atoms. The summed E-state index contributed by atoms with van der Waals surface area (Å²) < 4.78 is 4.74. The molecule has 0 spiro atoms. The Kier molecular flexibility index (Phi) is 7.60. The fraction of sp³-hybridized carbons (Fsp3) is 0.150. The normalized spacial score (nSPS) is 10.7. The van der Waals surface area contributed by atoms with E-state index in [9.17, 15) is 24.5 Å². The molecule has 0 bridgehead atoms. The molecule has 9 nitrogen and oxygen atoms in total. The first-order valence-electron chi connectivity index (χ1n) is 8.67. The van der Waals surface area contributed by atoms with Gasteiger partial charge >= 0.3 is 5.97 Å². The lowest BCUT2D eigenvalue weighted by molar-refractivity contribution is -0.385. The Bertz CT molecular complexity index is 940. The van der Waals surface area contributed by atoms with Gasteiger partial charge in [0.1, 0.15) is 12.2 Å². The average Bonchev–Trinajstić information content (AvgIpc) is 2.72. The highest BCUT2D eigenvalue weighted by atomic mass is 16.6. The van der Waals surface area contributed by atoms with Gasteiger partial charge in [-0.1, -0.05) is 30.3 Å². The lowest BCUT2D eigenvalue weighted by Crippen LogP contribution is -2.37. The largest absolute Gasteiger partial charge is 0.465 e. The molecule has 0 saturated heterocycles. The van der Waals surface area contributed by atoms with Crippen molar-refractivity contribution in [1.29, 1.82) is 0 Å². The van der Waals surface area contributed by atoms with Gasteiger partial charge in [-0.2, -0.15) is 0 Å².